The first-order chi connectivity index (χ1) is 7.24. The minimum Gasteiger partial charge on any atom is -0.508 e. The Balaban J connectivity index is 2.40. The van der Waals surface area contributed by atoms with Crippen LogP contribution in [0.15, 0.2) is 24.3 Å². The molecule has 1 rings (SSSR count). The summed E-state index contributed by atoms with van der Waals surface area (Å²) >= 11 is 0. The smallest absolute Gasteiger partial charge is 0.251 e. The number of aromatic hydroxyl groups is 1. The summed E-state index contributed by atoms with van der Waals surface area (Å²) in [6.45, 7) is 1.51. The van der Waals surface area contributed by atoms with Crippen molar-refractivity contribution in [2.75, 3.05) is 20.1 Å². The predicted molar refractivity (Wildman–Crippen MR) is 59.0 cm³/mol. The highest BCUT2D eigenvalue weighted by Gasteiger charge is 2.04. The van der Waals surface area contributed by atoms with Crippen LogP contribution in [-0.2, 0) is 0 Å². The van der Waals surface area contributed by atoms with E-state index in [1.807, 2.05) is 7.05 Å². The van der Waals surface area contributed by atoms with Crippen LogP contribution in [0.1, 0.15) is 16.8 Å². The van der Waals surface area contributed by atoms with Crippen molar-refractivity contribution in [3.05, 3.63) is 29.8 Å². The van der Waals surface area contributed by atoms with Gasteiger partial charge in [0.25, 0.3) is 5.91 Å². The third-order valence-electron chi connectivity index (χ3n) is 2.00. The molecule has 4 nitrogen and oxygen atoms in total. The van der Waals surface area contributed by atoms with Crippen molar-refractivity contribution in [1.29, 1.82) is 0 Å². The van der Waals surface area contributed by atoms with Crippen LogP contribution in [0.4, 0.5) is 0 Å². The Labute approximate surface area is 89.3 Å². The van der Waals surface area contributed by atoms with Gasteiger partial charge in [0.05, 0.1) is 0 Å². The summed E-state index contributed by atoms with van der Waals surface area (Å²) in [5.41, 5.74) is 0.486. The Morgan fingerprint density at radius 1 is 1.40 bits per heavy atom. The summed E-state index contributed by atoms with van der Waals surface area (Å²) in [6, 6.07) is 6.32. The van der Waals surface area contributed by atoms with Crippen molar-refractivity contribution < 1.29 is 9.90 Å². The second-order valence-corrected chi connectivity index (χ2v) is 3.26. The van der Waals surface area contributed by atoms with Gasteiger partial charge in [-0.25, -0.2) is 0 Å². The van der Waals surface area contributed by atoms with Crippen molar-refractivity contribution in [3.63, 3.8) is 0 Å². The molecule has 1 amide bonds. The number of hydrogen-bond donors (Lipinski definition) is 3. The maximum absolute atomic E-state index is 11.5. The number of carbonyl (C=O) groups excluding carboxylic acids is 1. The van der Waals surface area contributed by atoms with Gasteiger partial charge in [0.15, 0.2) is 0 Å². The second kappa shape index (κ2) is 6.03. The van der Waals surface area contributed by atoms with Crippen LogP contribution in [-0.4, -0.2) is 31.2 Å². The highest BCUT2D eigenvalue weighted by molar-refractivity contribution is 5.94. The third kappa shape index (κ3) is 3.99. The lowest BCUT2D eigenvalue weighted by Gasteiger charge is -2.04. The zero-order valence-corrected chi connectivity index (χ0v) is 8.79. The molecule has 0 bridgehead atoms. The molecule has 0 atom stereocenters. The summed E-state index contributed by atoms with van der Waals surface area (Å²) < 4.78 is 0. The lowest BCUT2D eigenvalue weighted by Crippen LogP contribution is -2.26. The van der Waals surface area contributed by atoms with E-state index in [4.69, 9.17) is 0 Å². The topological polar surface area (TPSA) is 61.4 Å². The highest BCUT2D eigenvalue weighted by Crippen LogP contribution is 2.10. The minimum atomic E-state index is -0.151. The summed E-state index contributed by atoms with van der Waals surface area (Å²) in [7, 11) is 1.87. The Morgan fingerprint density at radius 2 is 2.20 bits per heavy atom. The van der Waals surface area contributed by atoms with E-state index >= 15 is 0 Å². The summed E-state index contributed by atoms with van der Waals surface area (Å²) in [4.78, 5) is 11.5. The van der Waals surface area contributed by atoms with E-state index in [2.05, 4.69) is 10.6 Å². The normalized spacial score (nSPS) is 9.93. The van der Waals surface area contributed by atoms with Crippen LogP contribution >= 0.6 is 0 Å². The molecule has 0 spiro atoms. The molecule has 15 heavy (non-hydrogen) atoms. The van der Waals surface area contributed by atoms with E-state index in [1.54, 1.807) is 12.1 Å². The lowest BCUT2D eigenvalue weighted by atomic mass is 10.2. The minimum absolute atomic E-state index is 0.109. The number of rotatable bonds is 5. The largest absolute Gasteiger partial charge is 0.508 e. The molecule has 0 saturated carbocycles. The summed E-state index contributed by atoms with van der Waals surface area (Å²) in [5, 5.41) is 15.0. The van der Waals surface area contributed by atoms with E-state index < -0.39 is 0 Å². The van der Waals surface area contributed by atoms with Crippen LogP contribution in [0.25, 0.3) is 0 Å². The van der Waals surface area contributed by atoms with Gasteiger partial charge in [-0.05, 0) is 38.2 Å². The quantitative estimate of drug-likeness (QED) is 0.625. The molecular weight excluding hydrogens is 192 g/mol. The fourth-order valence-electron chi connectivity index (χ4n) is 1.22. The van der Waals surface area contributed by atoms with Gasteiger partial charge in [-0.1, -0.05) is 6.07 Å². The Hall–Kier alpha value is -1.55. The Bertz CT molecular complexity index is 326. The number of phenolic OH excluding ortho intramolecular Hbond substituents is 1. The Kier molecular flexibility index (Phi) is 4.63. The molecule has 4 heteroatoms. The van der Waals surface area contributed by atoms with Gasteiger partial charge in [-0.3, -0.25) is 4.79 Å². The molecule has 3 N–H and O–H groups in total. The van der Waals surface area contributed by atoms with Gasteiger partial charge in [-0.15, -0.1) is 0 Å². The van der Waals surface area contributed by atoms with Gasteiger partial charge in [0, 0.05) is 12.1 Å². The number of nitrogens with one attached hydrogen (secondary N) is 2. The van der Waals surface area contributed by atoms with E-state index in [0.717, 1.165) is 13.0 Å². The van der Waals surface area contributed by atoms with Gasteiger partial charge >= 0.3 is 0 Å². The molecule has 0 heterocycles. The van der Waals surface area contributed by atoms with E-state index in [9.17, 15) is 9.90 Å². The van der Waals surface area contributed by atoms with Crippen LogP contribution in [0, 0.1) is 0 Å². The molecule has 0 radical (unpaired) electrons. The number of benzene rings is 1. The van der Waals surface area contributed by atoms with Crippen LogP contribution in [0.5, 0.6) is 5.75 Å². The van der Waals surface area contributed by atoms with Gasteiger partial charge in [0.1, 0.15) is 5.75 Å². The molecule has 0 unspecified atom stereocenters. The highest BCUT2D eigenvalue weighted by atomic mass is 16.3. The van der Waals surface area contributed by atoms with E-state index in [1.165, 1.54) is 12.1 Å². The van der Waals surface area contributed by atoms with Crippen molar-refractivity contribution in [1.82, 2.24) is 10.6 Å². The molecule has 0 aliphatic rings. The first kappa shape index (κ1) is 11.5. The number of phenols is 1. The van der Waals surface area contributed by atoms with Crippen LogP contribution in [0.2, 0.25) is 0 Å². The molecule has 1 aromatic carbocycles. The van der Waals surface area contributed by atoms with E-state index in [-0.39, 0.29) is 11.7 Å². The monoisotopic (exact) mass is 208 g/mol. The van der Waals surface area contributed by atoms with Crippen molar-refractivity contribution in [2.45, 2.75) is 6.42 Å². The summed E-state index contributed by atoms with van der Waals surface area (Å²) in [5.74, 6) is -0.0418. The zero-order valence-electron chi connectivity index (χ0n) is 8.79. The maximum atomic E-state index is 11.5. The van der Waals surface area contributed by atoms with Crippen molar-refractivity contribution in [2.24, 2.45) is 0 Å². The lowest BCUT2D eigenvalue weighted by molar-refractivity contribution is 0.0953. The zero-order chi connectivity index (χ0) is 11.1. The number of carbonyl (C=O) groups is 1. The van der Waals surface area contributed by atoms with Gasteiger partial charge < -0.3 is 15.7 Å². The Morgan fingerprint density at radius 3 is 2.87 bits per heavy atom. The third-order valence-corrected chi connectivity index (χ3v) is 2.00. The fourth-order valence-corrected chi connectivity index (χ4v) is 1.22. The summed E-state index contributed by atoms with van der Waals surface area (Å²) in [6.07, 6.45) is 0.890. The average molecular weight is 208 g/mol. The van der Waals surface area contributed by atoms with Crippen molar-refractivity contribution >= 4 is 5.91 Å². The van der Waals surface area contributed by atoms with E-state index in [0.29, 0.717) is 12.1 Å². The molecule has 0 aliphatic heterocycles. The first-order valence-electron chi connectivity index (χ1n) is 4.96. The van der Waals surface area contributed by atoms with Gasteiger partial charge in [0.2, 0.25) is 0 Å². The molecular formula is C11H16N2O2. The molecule has 0 aliphatic carbocycles. The molecule has 0 fully saturated rings. The van der Waals surface area contributed by atoms with Crippen molar-refractivity contribution in [3.8, 4) is 5.75 Å². The first-order valence-corrected chi connectivity index (χ1v) is 4.96. The number of amides is 1. The molecule has 82 valence electrons. The molecule has 1 aromatic rings. The molecule has 0 aromatic heterocycles. The molecule has 0 saturated heterocycles. The van der Waals surface area contributed by atoms with Crippen LogP contribution in [0.3, 0.4) is 0 Å². The maximum Gasteiger partial charge on any atom is 0.251 e. The SMILES string of the molecule is CNCCCNC(=O)c1cccc(O)c1. The van der Waals surface area contributed by atoms with Gasteiger partial charge in [-0.2, -0.15) is 0 Å². The second-order valence-electron chi connectivity index (χ2n) is 3.26. The fraction of sp³-hybridized carbons (Fsp3) is 0.364. The number of hydrogen-bond acceptors (Lipinski definition) is 3. The average Bonchev–Trinajstić information content (AvgIpc) is 2.24. The standard InChI is InChI=1S/C11H16N2O2/c1-12-6-3-7-13-11(15)9-4-2-5-10(14)8-9/h2,4-5,8,12,14H,3,6-7H2,1H3,(H,13,15). The van der Waals surface area contributed by atoms with Crippen LogP contribution < -0.4 is 10.6 Å². The predicted octanol–water partition coefficient (Wildman–Crippen LogP) is 0.731.